The number of sulfone groups is 1. The molecule has 0 fully saturated rings. The predicted octanol–water partition coefficient (Wildman–Crippen LogP) is 4.53. The fraction of sp³-hybridized carbons (Fsp3) is 0.238. The number of benzene rings is 2. The summed E-state index contributed by atoms with van der Waals surface area (Å²) in [6, 6.07) is 12.6. The molecule has 0 amide bonds. The van der Waals surface area contributed by atoms with Crippen LogP contribution in [0.15, 0.2) is 72.6 Å². The van der Waals surface area contributed by atoms with Crippen LogP contribution in [0.5, 0.6) is 5.75 Å². The molecule has 1 aliphatic rings. The van der Waals surface area contributed by atoms with Gasteiger partial charge in [0.25, 0.3) is 0 Å². The standard InChI is InChI=1S/C21H20F2O3S/c1-15-13-17(9-10-18(15)26-2)20(27(3,24)25)11-12-21(23,19(22)14-20)16-7-5-4-6-8-16/h4-14H,1-3H3. The number of hydrogen-bond donors (Lipinski definition) is 0. The third kappa shape index (κ3) is 3.08. The van der Waals surface area contributed by atoms with Crippen LogP contribution in [-0.2, 0) is 20.3 Å². The number of aryl methyl sites for hydroxylation is 1. The summed E-state index contributed by atoms with van der Waals surface area (Å²) in [7, 11) is -2.35. The third-order valence-electron chi connectivity index (χ3n) is 4.90. The average Bonchev–Trinajstić information content (AvgIpc) is 2.63. The van der Waals surface area contributed by atoms with E-state index in [9.17, 15) is 8.42 Å². The third-order valence-corrected chi connectivity index (χ3v) is 6.62. The van der Waals surface area contributed by atoms with E-state index in [2.05, 4.69) is 0 Å². The van der Waals surface area contributed by atoms with Gasteiger partial charge in [0.2, 0.25) is 5.67 Å². The largest absolute Gasteiger partial charge is 0.496 e. The smallest absolute Gasteiger partial charge is 0.205 e. The Labute approximate surface area is 157 Å². The second kappa shape index (κ2) is 6.60. The van der Waals surface area contributed by atoms with Gasteiger partial charge >= 0.3 is 0 Å². The molecule has 0 bridgehead atoms. The molecule has 2 atom stereocenters. The molecule has 2 aromatic carbocycles. The number of rotatable bonds is 4. The van der Waals surface area contributed by atoms with Crippen molar-refractivity contribution in [2.75, 3.05) is 13.4 Å². The maximum atomic E-state index is 15.4. The highest BCUT2D eigenvalue weighted by atomic mass is 32.2. The van der Waals surface area contributed by atoms with Crippen molar-refractivity contribution in [1.29, 1.82) is 0 Å². The van der Waals surface area contributed by atoms with Gasteiger partial charge in [-0.2, -0.15) is 0 Å². The van der Waals surface area contributed by atoms with Crippen LogP contribution in [0, 0.1) is 6.92 Å². The van der Waals surface area contributed by atoms with Gasteiger partial charge in [0.1, 0.15) is 16.3 Å². The number of alkyl halides is 1. The van der Waals surface area contributed by atoms with Crippen molar-refractivity contribution < 1.29 is 21.9 Å². The molecule has 2 unspecified atom stereocenters. The number of allylic oxidation sites excluding steroid dienone is 2. The first-order chi connectivity index (χ1) is 12.6. The molecule has 1 aliphatic carbocycles. The summed E-state index contributed by atoms with van der Waals surface area (Å²) in [5.74, 6) is -0.578. The van der Waals surface area contributed by atoms with Crippen LogP contribution in [0.25, 0.3) is 0 Å². The molecule has 0 spiro atoms. The Hall–Kier alpha value is -2.47. The van der Waals surface area contributed by atoms with E-state index in [1.165, 1.54) is 25.3 Å². The second-order valence-corrected chi connectivity index (χ2v) is 8.87. The van der Waals surface area contributed by atoms with E-state index in [1.807, 2.05) is 0 Å². The topological polar surface area (TPSA) is 43.4 Å². The second-order valence-electron chi connectivity index (χ2n) is 6.65. The van der Waals surface area contributed by atoms with Crippen molar-refractivity contribution in [2.24, 2.45) is 0 Å². The lowest BCUT2D eigenvalue weighted by Gasteiger charge is -2.34. The van der Waals surface area contributed by atoms with Crippen molar-refractivity contribution in [3.63, 3.8) is 0 Å². The van der Waals surface area contributed by atoms with E-state index >= 15 is 8.78 Å². The van der Waals surface area contributed by atoms with Crippen molar-refractivity contribution in [1.82, 2.24) is 0 Å². The van der Waals surface area contributed by atoms with E-state index in [0.717, 1.165) is 18.4 Å². The molecule has 0 saturated carbocycles. The van der Waals surface area contributed by atoms with Gasteiger partial charge < -0.3 is 4.74 Å². The number of methoxy groups -OCH3 is 1. The minimum Gasteiger partial charge on any atom is -0.496 e. The molecule has 6 heteroatoms. The average molecular weight is 390 g/mol. The van der Waals surface area contributed by atoms with E-state index in [1.54, 1.807) is 43.3 Å². The summed E-state index contributed by atoms with van der Waals surface area (Å²) in [6.45, 7) is 1.76. The summed E-state index contributed by atoms with van der Waals surface area (Å²) < 4.78 is 59.1. The molecule has 0 aliphatic heterocycles. The molecule has 27 heavy (non-hydrogen) atoms. The summed E-state index contributed by atoms with van der Waals surface area (Å²) >= 11 is 0. The van der Waals surface area contributed by atoms with Crippen LogP contribution in [0.4, 0.5) is 8.78 Å². The first-order valence-electron chi connectivity index (χ1n) is 8.32. The lowest BCUT2D eigenvalue weighted by atomic mass is 9.83. The Morgan fingerprint density at radius 3 is 2.19 bits per heavy atom. The Morgan fingerprint density at radius 1 is 1.00 bits per heavy atom. The van der Waals surface area contributed by atoms with E-state index in [0.29, 0.717) is 16.9 Å². The highest BCUT2D eigenvalue weighted by Gasteiger charge is 2.47. The van der Waals surface area contributed by atoms with Crippen LogP contribution in [0.1, 0.15) is 16.7 Å². The van der Waals surface area contributed by atoms with Crippen molar-refractivity contribution in [2.45, 2.75) is 17.3 Å². The van der Waals surface area contributed by atoms with Gasteiger partial charge in [0.05, 0.1) is 7.11 Å². The van der Waals surface area contributed by atoms with Gasteiger partial charge in [-0.1, -0.05) is 48.5 Å². The van der Waals surface area contributed by atoms with Crippen LogP contribution < -0.4 is 4.74 Å². The lowest BCUT2D eigenvalue weighted by Crippen LogP contribution is -2.36. The first kappa shape index (κ1) is 19.3. The molecular weight excluding hydrogens is 370 g/mol. The van der Waals surface area contributed by atoms with Gasteiger partial charge in [-0.25, -0.2) is 17.2 Å². The molecule has 3 nitrogen and oxygen atoms in total. The Balaban J connectivity index is 2.20. The zero-order valence-corrected chi connectivity index (χ0v) is 16.1. The van der Waals surface area contributed by atoms with Gasteiger partial charge in [-0.15, -0.1) is 0 Å². The van der Waals surface area contributed by atoms with Crippen LogP contribution in [-0.4, -0.2) is 21.8 Å². The van der Waals surface area contributed by atoms with E-state index < -0.39 is 26.1 Å². The fourth-order valence-electron chi connectivity index (χ4n) is 3.32. The zero-order valence-electron chi connectivity index (χ0n) is 15.2. The number of ether oxygens (including phenoxy) is 1. The van der Waals surface area contributed by atoms with Crippen LogP contribution >= 0.6 is 0 Å². The monoisotopic (exact) mass is 390 g/mol. The Kier molecular flexibility index (Phi) is 4.72. The molecule has 2 aromatic rings. The summed E-state index contributed by atoms with van der Waals surface area (Å²) in [5.41, 5.74) is -1.38. The predicted molar refractivity (Wildman–Crippen MR) is 102 cm³/mol. The summed E-state index contributed by atoms with van der Waals surface area (Å²) in [5, 5.41) is 0. The highest BCUT2D eigenvalue weighted by Crippen LogP contribution is 2.47. The maximum absolute atomic E-state index is 15.4. The van der Waals surface area contributed by atoms with Gasteiger partial charge in [0, 0.05) is 6.26 Å². The fourth-order valence-corrected chi connectivity index (χ4v) is 4.51. The molecule has 142 valence electrons. The van der Waals surface area contributed by atoms with Gasteiger partial charge in [0.15, 0.2) is 9.84 Å². The molecule has 0 N–H and O–H groups in total. The molecular formula is C21H20F2O3S. The number of hydrogen-bond acceptors (Lipinski definition) is 3. The lowest BCUT2D eigenvalue weighted by molar-refractivity contribution is 0.232. The minimum atomic E-state index is -3.85. The summed E-state index contributed by atoms with van der Waals surface area (Å²) in [4.78, 5) is 0. The maximum Gasteiger partial charge on any atom is 0.205 e. The van der Waals surface area contributed by atoms with Crippen LogP contribution in [0.3, 0.4) is 0 Å². The quantitative estimate of drug-likeness (QED) is 0.721. The van der Waals surface area contributed by atoms with Crippen molar-refractivity contribution in [3.05, 3.63) is 89.3 Å². The molecule has 0 radical (unpaired) electrons. The van der Waals surface area contributed by atoms with Gasteiger partial charge in [-0.3, -0.25) is 0 Å². The summed E-state index contributed by atoms with van der Waals surface area (Å²) in [6.07, 6.45) is 4.07. The highest BCUT2D eigenvalue weighted by molar-refractivity contribution is 7.92. The first-order valence-corrected chi connectivity index (χ1v) is 10.2. The zero-order chi connectivity index (χ0) is 19.9. The van der Waals surface area contributed by atoms with E-state index in [4.69, 9.17) is 4.74 Å². The Bertz CT molecular complexity index is 1030. The van der Waals surface area contributed by atoms with Crippen molar-refractivity contribution in [3.8, 4) is 5.75 Å². The van der Waals surface area contributed by atoms with Crippen LogP contribution in [0.2, 0.25) is 0 Å². The molecule has 3 rings (SSSR count). The molecule has 0 aromatic heterocycles. The minimum absolute atomic E-state index is 0.100. The van der Waals surface area contributed by atoms with Crippen molar-refractivity contribution >= 4 is 9.84 Å². The van der Waals surface area contributed by atoms with E-state index in [-0.39, 0.29) is 5.56 Å². The van der Waals surface area contributed by atoms with Gasteiger partial charge in [-0.05, 0) is 41.8 Å². The number of halogens is 2. The molecule has 0 heterocycles. The Morgan fingerprint density at radius 2 is 1.67 bits per heavy atom. The molecule has 0 saturated heterocycles. The normalized spacial score (nSPS) is 25.1. The SMILES string of the molecule is COc1ccc(C2(S(C)(=O)=O)C=CC(F)(c3ccccc3)C(F)=C2)cc1C.